The van der Waals surface area contributed by atoms with Gasteiger partial charge in [-0.3, -0.25) is 9.59 Å². The van der Waals surface area contributed by atoms with Crippen molar-refractivity contribution in [3.05, 3.63) is 95.6 Å². The normalized spacial score (nSPS) is 10.1. The second-order valence-electron chi connectivity index (χ2n) is 5.72. The van der Waals surface area contributed by atoms with E-state index in [0.29, 0.717) is 16.8 Å². The number of amides is 2. The van der Waals surface area contributed by atoms with Gasteiger partial charge in [0.05, 0.1) is 0 Å². The van der Waals surface area contributed by atoms with Crippen molar-refractivity contribution in [3.8, 4) is 0 Å². The van der Waals surface area contributed by atoms with Gasteiger partial charge in [-0.1, -0.05) is 42.0 Å². The fourth-order valence-electron chi connectivity index (χ4n) is 2.37. The zero-order chi connectivity index (χ0) is 17.6. The number of rotatable bonds is 4. The molecule has 0 aliphatic carbocycles. The SMILES string of the molecule is Cc1ccc(NC(=O)c2cccc(NC(=O)c3ccccc3)c2)cc1. The second kappa shape index (κ2) is 7.45. The maximum Gasteiger partial charge on any atom is 0.255 e. The summed E-state index contributed by atoms with van der Waals surface area (Å²) >= 11 is 0. The fraction of sp³-hybridized carbons (Fsp3) is 0.0476. The first-order valence-corrected chi connectivity index (χ1v) is 7.96. The highest BCUT2D eigenvalue weighted by Crippen LogP contribution is 2.15. The molecule has 0 heterocycles. The molecule has 25 heavy (non-hydrogen) atoms. The van der Waals surface area contributed by atoms with Gasteiger partial charge in [-0.25, -0.2) is 0 Å². The molecular weight excluding hydrogens is 312 g/mol. The van der Waals surface area contributed by atoms with Gasteiger partial charge >= 0.3 is 0 Å². The Kier molecular flexibility index (Phi) is 4.90. The molecule has 0 unspecified atom stereocenters. The minimum Gasteiger partial charge on any atom is -0.322 e. The molecular formula is C21H18N2O2. The zero-order valence-electron chi connectivity index (χ0n) is 13.8. The lowest BCUT2D eigenvalue weighted by atomic mass is 10.1. The van der Waals surface area contributed by atoms with Gasteiger partial charge in [-0.15, -0.1) is 0 Å². The molecule has 0 aliphatic rings. The minimum atomic E-state index is -0.223. The third kappa shape index (κ3) is 4.32. The summed E-state index contributed by atoms with van der Waals surface area (Å²) in [4.78, 5) is 24.6. The summed E-state index contributed by atoms with van der Waals surface area (Å²) in [5.41, 5.74) is 3.48. The first-order chi connectivity index (χ1) is 12.1. The van der Waals surface area contributed by atoms with Gasteiger partial charge in [0.25, 0.3) is 11.8 Å². The average molecular weight is 330 g/mol. The third-order valence-electron chi connectivity index (χ3n) is 3.73. The third-order valence-corrected chi connectivity index (χ3v) is 3.73. The molecule has 4 heteroatoms. The summed E-state index contributed by atoms with van der Waals surface area (Å²) in [6.45, 7) is 1.99. The van der Waals surface area contributed by atoms with Crippen molar-refractivity contribution in [2.75, 3.05) is 10.6 Å². The van der Waals surface area contributed by atoms with Crippen LogP contribution >= 0.6 is 0 Å². The number of carbonyl (C=O) groups is 2. The summed E-state index contributed by atoms with van der Waals surface area (Å²) in [6, 6.07) is 23.4. The Morgan fingerprint density at radius 1 is 0.640 bits per heavy atom. The Morgan fingerprint density at radius 2 is 1.24 bits per heavy atom. The van der Waals surface area contributed by atoms with Crippen LogP contribution in [0.5, 0.6) is 0 Å². The molecule has 0 saturated carbocycles. The van der Waals surface area contributed by atoms with Crippen LogP contribution in [0.4, 0.5) is 11.4 Å². The molecule has 2 N–H and O–H groups in total. The standard InChI is InChI=1S/C21H18N2O2/c1-15-10-12-18(13-11-15)22-21(25)17-8-5-9-19(14-17)23-20(24)16-6-3-2-4-7-16/h2-14H,1H3,(H,22,25)(H,23,24). The molecule has 0 saturated heterocycles. The second-order valence-corrected chi connectivity index (χ2v) is 5.72. The van der Waals surface area contributed by atoms with E-state index in [0.717, 1.165) is 11.3 Å². The van der Waals surface area contributed by atoms with Gasteiger partial charge < -0.3 is 10.6 Å². The first kappa shape index (κ1) is 16.5. The van der Waals surface area contributed by atoms with Crippen LogP contribution in [-0.2, 0) is 0 Å². The van der Waals surface area contributed by atoms with Crippen LogP contribution in [0.25, 0.3) is 0 Å². The van der Waals surface area contributed by atoms with Crippen LogP contribution in [0, 0.1) is 6.92 Å². The molecule has 0 atom stereocenters. The molecule has 3 rings (SSSR count). The van der Waals surface area contributed by atoms with Crippen molar-refractivity contribution in [1.29, 1.82) is 0 Å². The lowest BCUT2D eigenvalue weighted by Gasteiger charge is -2.09. The number of nitrogens with one attached hydrogen (secondary N) is 2. The van der Waals surface area contributed by atoms with Gasteiger partial charge in [0.1, 0.15) is 0 Å². The highest BCUT2D eigenvalue weighted by molar-refractivity contribution is 6.07. The Balaban J connectivity index is 1.71. The molecule has 0 radical (unpaired) electrons. The van der Waals surface area contributed by atoms with Crippen molar-refractivity contribution in [2.45, 2.75) is 6.92 Å². The van der Waals surface area contributed by atoms with Gasteiger partial charge in [0, 0.05) is 22.5 Å². The average Bonchev–Trinajstić information content (AvgIpc) is 2.64. The van der Waals surface area contributed by atoms with E-state index in [1.807, 2.05) is 37.3 Å². The minimum absolute atomic E-state index is 0.211. The van der Waals surface area contributed by atoms with E-state index < -0.39 is 0 Å². The largest absolute Gasteiger partial charge is 0.322 e. The Labute approximate surface area is 146 Å². The van der Waals surface area contributed by atoms with Crippen molar-refractivity contribution in [3.63, 3.8) is 0 Å². The monoisotopic (exact) mass is 330 g/mol. The topological polar surface area (TPSA) is 58.2 Å². The summed E-state index contributed by atoms with van der Waals surface area (Å²) < 4.78 is 0. The van der Waals surface area contributed by atoms with Crippen molar-refractivity contribution >= 4 is 23.2 Å². The van der Waals surface area contributed by atoms with Crippen molar-refractivity contribution < 1.29 is 9.59 Å². The molecule has 0 bridgehead atoms. The first-order valence-electron chi connectivity index (χ1n) is 7.96. The number of aryl methyl sites for hydroxylation is 1. The van der Waals surface area contributed by atoms with Crippen LogP contribution in [0.1, 0.15) is 26.3 Å². The van der Waals surface area contributed by atoms with E-state index in [2.05, 4.69) is 10.6 Å². The van der Waals surface area contributed by atoms with E-state index in [1.165, 1.54) is 0 Å². The Morgan fingerprint density at radius 3 is 1.96 bits per heavy atom. The van der Waals surface area contributed by atoms with Gasteiger partial charge in [0.15, 0.2) is 0 Å². The van der Waals surface area contributed by atoms with Crippen LogP contribution in [0.15, 0.2) is 78.9 Å². The van der Waals surface area contributed by atoms with Crippen molar-refractivity contribution in [1.82, 2.24) is 0 Å². The molecule has 0 aliphatic heterocycles. The molecule has 0 spiro atoms. The quantitative estimate of drug-likeness (QED) is 0.740. The molecule has 0 fully saturated rings. The summed E-state index contributed by atoms with van der Waals surface area (Å²) in [7, 11) is 0. The van der Waals surface area contributed by atoms with E-state index in [-0.39, 0.29) is 11.8 Å². The van der Waals surface area contributed by atoms with E-state index >= 15 is 0 Å². The molecule has 3 aromatic carbocycles. The van der Waals surface area contributed by atoms with Crippen LogP contribution < -0.4 is 10.6 Å². The van der Waals surface area contributed by atoms with E-state index in [4.69, 9.17) is 0 Å². The number of carbonyl (C=O) groups excluding carboxylic acids is 2. The summed E-state index contributed by atoms with van der Waals surface area (Å²) in [5.74, 6) is -0.434. The number of hydrogen-bond donors (Lipinski definition) is 2. The highest BCUT2D eigenvalue weighted by Gasteiger charge is 2.09. The number of hydrogen-bond acceptors (Lipinski definition) is 2. The van der Waals surface area contributed by atoms with Gasteiger partial charge in [-0.2, -0.15) is 0 Å². The number of benzene rings is 3. The lowest BCUT2D eigenvalue weighted by Crippen LogP contribution is -2.14. The highest BCUT2D eigenvalue weighted by atomic mass is 16.2. The summed E-state index contributed by atoms with van der Waals surface area (Å²) in [5, 5.41) is 5.65. The van der Waals surface area contributed by atoms with E-state index in [9.17, 15) is 9.59 Å². The molecule has 4 nitrogen and oxygen atoms in total. The zero-order valence-corrected chi connectivity index (χ0v) is 13.8. The van der Waals surface area contributed by atoms with Gasteiger partial charge in [-0.05, 0) is 49.4 Å². The smallest absolute Gasteiger partial charge is 0.255 e. The van der Waals surface area contributed by atoms with Crippen LogP contribution in [0.3, 0.4) is 0 Å². The molecule has 124 valence electrons. The van der Waals surface area contributed by atoms with Crippen LogP contribution in [-0.4, -0.2) is 11.8 Å². The summed E-state index contributed by atoms with van der Waals surface area (Å²) in [6.07, 6.45) is 0. The maximum atomic E-state index is 12.4. The lowest BCUT2D eigenvalue weighted by molar-refractivity contribution is 0.101. The molecule has 0 aromatic heterocycles. The van der Waals surface area contributed by atoms with E-state index in [1.54, 1.807) is 48.5 Å². The Hall–Kier alpha value is -3.40. The Bertz CT molecular complexity index is 887. The fourth-order valence-corrected chi connectivity index (χ4v) is 2.37. The van der Waals surface area contributed by atoms with Gasteiger partial charge in [0.2, 0.25) is 0 Å². The predicted octanol–water partition coefficient (Wildman–Crippen LogP) is 4.50. The van der Waals surface area contributed by atoms with Crippen molar-refractivity contribution in [2.24, 2.45) is 0 Å². The molecule has 3 aromatic rings. The molecule has 2 amide bonds. The maximum absolute atomic E-state index is 12.4. The van der Waals surface area contributed by atoms with Crippen LogP contribution in [0.2, 0.25) is 0 Å². The number of anilines is 2. The predicted molar refractivity (Wildman–Crippen MR) is 100.0 cm³/mol.